The summed E-state index contributed by atoms with van der Waals surface area (Å²) >= 11 is 0. The molecule has 0 saturated carbocycles. The second-order valence-corrected chi connectivity index (χ2v) is 21.8. The number of aromatic nitrogens is 2. The van der Waals surface area contributed by atoms with E-state index in [1.165, 1.54) is 77.9 Å². The Kier molecular flexibility index (Phi) is 11.6. The lowest BCUT2D eigenvalue weighted by Gasteiger charge is -2.34. The fourth-order valence-corrected chi connectivity index (χ4v) is 13.0. The van der Waals surface area contributed by atoms with E-state index in [9.17, 15) is 0 Å². The summed E-state index contributed by atoms with van der Waals surface area (Å²) in [5.74, 6) is 2.31. The number of hydrogen-bond donors (Lipinski definition) is 0. The van der Waals surface area contributed by atoms with Crippen molar-refractivity contribution in [1.29, 1.82) is 0 Å². The van der Waals surface area contributed by atoms with Crippen LogP contribution in [0.4, 0.5) is 0 Å². The molecule has 75 heavy (non-hydrogen) atoms. The molecule has 9 aromatic carbocycles. The molecule has 0 fully saturated rings. The van der Waals surface area contributed by atoms with Gasteiger partial charge >= 0.3 is 0 Å². The van der Waals surface area contributed by atoms with Crippen molar-refractivity contribution < 1.29 is 4.42 Å². The van der Waals surface area contributed by atoms with Gasteiger partial charge < -0.3 is 4.42 Å². The highest BCUT2D eigenvalue weighted by Crippen LogP contribution is 2.58. The SMILES string of the molecule is CC(C)Cc1ccc(C2(c3cccc(-c4cc(-c5cccc(C6(c7ccc(CC(C)C)cc7)c7ccccc7-c7ccccc76)c5)cc(-c5nnc(C6C=CC=CC6)o5)c4)c3)c3ccccc3-c3ccccc32)cc1. The molecule has 0 saturated heterocycles. The lowest BCUT2D eigenvalue weighted by molar-refractivity contribution is 0.484. The van der Waals surface area contributed by atoms with Crippen molar-refractivity contribution in [1.82, 2.24) is 10.2 Å². The van der Waals surface area contributed by atoms with E-state index < -0.39 is 10.8 Å². The first kappa shape index (κ1) is 46.4. The first-order valence-corrected chi connectivity index (χ1v) is 26.9. The Balaban J connectivity index is 1.01. The van der Waals surface area contributed by atoms with Gasteiger partial charge in [-0.1, -0.05) is 234 Å². The van der Waals surface area contributed by atoms with Crippen LogP contribution in [0.25, 0.3) is 56.0 Å². The van der Waals surface area contributed by atoms with Crippen molar-refractivity contribution in [3.8, 4) is 56.0 Å². The van der Waals surface area contributed by atoms with Crippen LogP contribution in [0, 0.1) is 11.8 Å². The summed E-state index contributed by atoms with van der Waals surface area (Å²) in [6.45, 7) is 9.18. The number of hydrogen-bond acceptors (Lipinski definition) is 3. The van der Waals surface area contributed by atoms with E-state index >= 15 is 0 Å². The molecule has 0 aliphatic heterocycles. The van der Waals surface area contributed by atoms with Crippen molar-refractivity contribution in [2.24, 2.45) is 11.8 Å². The van der Waals surface area contributed by atoms with Gasteiger partial charge in [-0.25, -0.2) is 0 Å². The van der Waals surface area contributed by atoms with Gasteiger partial charge in [-0.05, 0) is 162 Å². The van der Waals surface area contributed by atoms with Crippen molar-refractivity contribution in [3.63, 3.8) is 0 Å². The fraction of sp³-hybridized carbons (Fsp3) is 0.167. The van der Waals surface area contributed by atoms with Gasteiger partial charge in [0.05, 0.1) is 16.7 Å². The molecule has 0 spiro atoms. The zero-order valence-corrected chi connectivity index (χ0v) is 43.2. The highest BCUT2D eigenvalue weighted by Gasteiger charge is 2.47. The molecule has 10 aromatic rings. The molecular formula is C72H60N2O. The zero-order valence-electron chi connectivity index (χ0n) is 43.2. The second-order valence-electron chi connectivity index (χ2n) is 21.8. The van der Waals surface area contributed by atoms with Gasteiger partial charge in [-0.3, -0.25) is 0 Å². The lowest BCUT2D eigenvalue weighted by atomic mass is 9.67. The largest absolute Gasteiger partial charge is 0.420 e. The summed E-state index contributed by atoms with van der Waals surface area (Å²) in [6, 6.07) is 80.4. The summed E-state index contributed by atoms with van der Waals surface area (Å²) in [5.41, 5.74) is 22.2. The maximum absolute atomic E-state index is 6.66. The van der Waals surface area contributed by atoms with Gasteiger partial charge in [0, 0.05) is 5.56 Å². The van der Waals surface area contributed by atoms with Crippen molar-refractivity contribution in [3.05, 3.63) is 298 Å². The highest BCUT2D eigenvalue weighted by atomic mass is 16.4. The molecular weight excluding hydrogens is 909 g/mol. The number of rotatable bonds is 12. The Labute approximate surface area is 442 Å². The van der Waals surface area contributed by atoms with Gasteiger partial charge in [0.25, 0.3) is 0 Å². The van der Waals surface area contributed by atoms with Crippen LogP contribution in [0.3, 0.4) is 0 Å². The minimum atomic E-state index is -0.549. The van der Waals surface area contributed by atoms with Crippen LogP contribution in [0.1, 0.15) is 102 Å². The number of fused-ring (bicyclic) bond motifs is 6. The number of nitrogens with zero attached hydrogens (tertiary/aromatic N) is 2. The molecule has 0 radical (unpaired) electrons. The van der Waals surface area contributed by atoms with Gasteiger partial charge in [0.1, 0.15) is 0 Å². The standard InChI is InChI=1S/C72H60N2O/c1-47(2)40-49-32-36-57(37-33-49)71(65-28-12-8-24-61(65)62-25-9-13-29-66(62)71)59-22-16-20-52(45-59)54-42-55(44-56(43-54)70-74-73-69(75-70)51-18-6-5-7-19-51)53-21-17-23-60(46-53)72(58-38-34-50(35-39-58)41-48(3)4)67-30-14-10-26-63(67)64-27-11-15-31-68(64)72/h5-18,20-39,42-48,51H,19,40-41H2,1-4H3. The average molecular weight is 969 g/mol. The van der Waals surface area contributed by atoms with E-state index in [1.54, 1.807) is 0 Å². The van der Waals surface area contributed by atoms with Crippen molar-refractivity contribution in [2.45, 2.75) is 63.7 Å². The van der Waals surface area contributed by atoms with E-state index in [0.717, 1.165) is 47.1 Å². The minimum absolute atomic E-state index is 0.0351. The molecule has 0 N–H and O–H groups in total. The molecule has 0 amide bonds. The lowest BCUT2D eigenvalue weighted by Crippen LogP contribution is -2.28. The molecule has 3 heteroatoms. The highest BCUT2D eigenvalue weighted by molar-refractivity contribution is 5.89. The molecule has 3 aliphatic carbocycles. The topological polar surface area (TPSA) is 38.9 Å². The summed E-state index contributed by atoms with van der Waals surface area (Å²) in [7, 11) is 0. The van der Waals surface area contributed by atoms with Gasteiger partial charge in [-0.2, -0.15) is 0 Å². The van der Waals surface area contributed by atoms with Crippen LogP contribution in [-0.2, 0) is 23.7 Å². The predicted molar refractivity (Wildman–Crippen MR) is 308 cm³/mol. The van der Waals surface area contributed by atoms with E-state index in [4.69, 9.17) is 9.52 Å². The van der Waals surface area contributed by atoms with Gasteiger partial charge in [-0.15, -0.1) is 10.2 Å². The molecule has 3 aliphatic rings. The molecule has 3 nitrogen and oxygen atoms in total. The summed E-state index contributed by atoms with van der Waals surface area (Å²) in [4.78, 5) is 0. The van der Waals surface area contributed by atoms with E-state index in [1.807, 2.05) is 0 Å². The molecule has 13 rings (SSSR count). The summed E-state index contributed by atoms with van der Waals surface area (Å²) in [6.07, 6.45) is 11.4. The molecule has 0 bridgehead atoms. The third kappa shape index (κ3) is 7.79. The van der Waals surface area contributed by atoms with E-state index in [2.05, 4.69) is 269 Å². The third-order valence-electron chi connectivity index (χ3n) is 16.1. The van der Waals surface area contributed by atoms with Crippen LogP contribution < -0.4 is 0 Å². The third-order valence-corrected chi connectivity index (χ3v) is 16.1. The van der Waals surface area contributed by atoms with Gasteiger partial charge in [0.2, 0.25) is 11.8 Å². The van der Waals surface area contributed by atoms with Crippen LogP contribution in [0.2, 0.25) is 0 Å². The smallest absolute Gasteiger partial charge is 0.247 e. The molecule has 1 heterocycles. The van der Waals surface area contributed by atoms with Gasteiger partial charge in [0.15, 0.2) is 0 Å². The summed E-state index contributed by atoms with van der Waals surface area (Å²) in [5, 5.41) is 9.44. The molecule has 364 valence electrons. The van der Waals surface area contributed by atoms with Crippen molar-refractivity contribution in [2.75, 3.05) is 0 Å². The van der Waals surface area contributed by atoms with Crippen LogP contribution in [0.15, 0.2) is 241 Å². The molecule has 1 unspecified atom stereocenters. The molecule has 1 aromatic heterocycles. The normalized spacial score (nSPS) is 15.5. The Morgan fingerprint density at radius 2 is 0.840 bits per heavy atom. The molecule has 1 atom stereocenters. The average Bonchev–Trinajstić information content (AvgIpc) is 4.16. The Bertz CT molecular complexity index is 3520. The predicted octanol–water partition coefficient (Wildman–Crippen LogP) is 17.8. The van der Waals surface area contributed by atoms with Crippen LogP contribution >= 0.6 is 0 Å². The number of allylic oxidation sites excluding steroid dienone is 4. The maximum Gasteiger partial charge on any atom is 0.247 e. The first-order chi connectivity index (χ1) is 36.8. The maximum atomic E-state index is 6.66. The van der Waals surface area contributed by atoms with Crippen LogP contribution in [-0.4, -0.2) is 10.2 Å². The van der Waals surface area contributed by atoms with E-state index in [-0.39, 0.29) is 5.92 Å². The second kappa shape index (κ2) is 18.8. The minimum Gasteiger partial charge on any atom is -0.420 e. The van der Waals surface area contributed by atoms with E-state index in [0.29, 0.717) is 23.6 Å². The Hall–Kier alpha value is -8.40. The fourth-order valence-electron chi connectivity index (χ4n) is 13.0. The number of benzene rings is 9. The Morgan fingerprint density at radius 3 is 1.25 bits per heavy atom. The first-order valence-electron chi connectivity index (χ1n) is 26.9. The quantitative estimate of drug-likeness (QED) is 0.122. The van der Waals surface area contributed by atoms with Crippen LogP contribution in [0.5, 0.6) is 0 Å². The monoisotopic (exact) mass is 968 g/mol. The Morgan fingerprint density at radius 1 is 0.413 bits per heavy atom. The zero-order chi connectivity index (χ0) is 50.7. The summed E-state index contributed by atoms with van der Waals surface area (Å²) < 4.78 is 6.66. The van der Waals surface area contributed by atoms with Crippen molar-refractivity contribution >= 4 is 0 Å².